The zero-order valence-corrected chi connectivity index (χ0v) is 14.3. The molecule has 1 saturated heterocycles. The molecule has 3 nitrogen and oxygen atoms in total. The summed E-state index contributed by atoms with van der Waals surface area (Å²) in [4.78, 5) is 14.4. The van der Waals surface area contributed by atoms with E-state index in [1.807, 2.05) is 20.8 Å². The third-order valence-corrected chi connectivity index (χ3v) is 4.26. The van der Waals surface area contributed by atoms with Crippen molar-refractivity contribution in [1.29, 1.82) is 0 Å². The van der Waals surface area contributed by atoms with Gasteiger partial charge in [0, 0.05) is 18.5 Å². The van der Waals surface area contributed by atoms with Gasteiger partial charge >= 0.3 is 0 Å². The molecule has 0 spiro atoms. The molecule has 1 fully saturated rings. The summed E-state index contributed by atoms with van der Waals surface area (Å²) in [5.41, 5.74) is 2.21. The first-order chi connectivity index (χ1) is 10.4. The van der Waals surface area contributed by atoms with E-state index in [1.54, 1.807) is 0 Å². The minimum atomic E-state index is -0.327. The predicted octanol–water partition coefficient (Wildman–Crippen LogP) is 3.72. The number of rotatable bonds is 4. The zero-order valence-electron chi connectivity index (χ0n) is 14.3. The third kappa shape index (κ3) is 5.45. The van der Waals surface area contributed by atoms with Crippen molar-refractivity contribution in [3.8, 4) is 0 Å². The monoisotopic (exact) mass is 302 g/mol. The van der Waals surface area contributed by atoms with E-state index in [4.69, 9.17) is 0 Å². The topological polar surface area (TPSA) is 32.3 Å². The van der Waals surface area contributed by atoms with E-state index >= 15 is 0 Å². The summed E-state index contributed by atoms with van der Waals surface area (Å²) in [5, 5.41) is 3.00. The first-order valence-corrected chi connectivity index (χ1v) is 8.53. The summed E-state index contributed by atoms with van der Waals surface area (Å²) in [6.45, 7) is 9.92. The second kappa shape index (κ2) is 7.77. The number of benzene rings is 1. The molecule has 1 aromatic carbocycles. The molecule has 1 aliphatic rings. The lowest BCUT2D eigenvalue weighted by molar-refractivity contribution is -0.128. The fourth-order valence-corrected chi connectivity index (χ4v) is 2.76. The Bertz CT molecular complexity index is 465. The van der Waals surface area contributed by atoms with Crippen molar-refractivity contribution in [2.75, 3.05) is 13.1 Å². The molecular weight excluding hydrogens is 272 g/mol. The van der Waals surface area contributed by atoms with Crippen molar-refractivity contribution in [1.82, 2.24) is 10.2 Å². The zero-order chi connectivity index (χ0) is 16.0. The molecule has 0 unspecified atom stereocenters. The molecule has 0 saturated carbocycles. The SMILES string of the molecule is CC(C)(C)C(=O)NCc1ccc(CN2CCCCCC2)cc1. The third-order valence-electron chi connectivity index (χ3n) is 4.26. The van der Waals surface area contributed by atoms with Crippen LogP contribution in [0.3, 0.4) is 0 Å². The maximum atomic E-state index is 11.9. The summed E-state index contributed by atoms with van der Waals surface area (Å²) >= 11 is 0. The molecule has 0 radical (unpaired) electrons. The van der Waals surface area contributed by atoms with E-state index in [-0.39, 0.29) is 11.3 Å². The number of hydrogen-bond donors (Lipinski definition) is 1. The van der Waals surface area contributed by atoms with E-state index in [1.165, 1.54) is 44.3 Å². The quantitative estimate of drug-likeness (QED) is 0.919. The molecule has 1 heterocycles. The Kier molecular flexibility index (Phi) is 6.01. The van der Waals surface area contributed by atoms with E-state index in [0.29, 0.717) is 6.54 Å². The highest BCUT2D eigenvalue weighted by Crippen LogP contribution is 2.15. The van der Waals surface area contributed by atoms with E-state index < -0.39 is 0 Å². The van der Waals surface area contributed by atoms with Gasteiger partial charge in [0.1, 0.15) is 0 Å². The highest BCUT2D eigenvalue weighted by molar-refractivity contribution is 5.81. The first-order valence-electron chi connectivity index (χ1n) is 8.53. The Morgan fingerprint density at radius 1 is 1.00 bits per heavy atom. The molecule has 22 heavy (non-hydrogen) atoms. The Morgan fingerprint density at radius 2 is 1.55 bits per heavy atom. The first kappa shape index (κ1) is 17.0. The van der Waals surface area contributed by atoms with Crippen LogP contribution in [-0.2, 0) is 17.9 Å². The summed E-state index contributed by atoms with van der Waals surface area (Å²) in [7, 11) is 0. The molecule has 3 heteroatoms. The second-order valence-corrected chi connectivity index (χ2v) is 7.44. The van der Waals surface area contributed by atoms with Crippen LogP contribution in [0.2, 0.25) is 0 Å². The predicted molar refractivity (Wildman–Crippen MR) is 91.5 cm³/mol. The summed E-state index contributed by atoms with van der Waals surface area (Å²) in [6, 6.07) is 8.67. The number of nitrogens with zero attached hydrogens (tertiary/aromatic N) is 1. The van der Waals surface area contributed by atoms with Crippen molar-refractivity contribution >= 4 is 5.91 Å². The van der Waals surface area contributed by atoms with Crippen LogP contribution in [-0.4, -0.2) is 23.9 Å². The molecule has 2 rings (SSSR count). The van der Waals surface area contributed by atoms with Crippen LogP contribution in [0.5, 0.6) is 0 Å². The van der Waals surface area contributed by atoms with Gasteiger partial charge in [-0.15, -0.1) is 0 Å². The fourth-order valence-electron chi connectivity index (χ4n) is 2.76. The van der Waals surface area contributed by atoms with Gasteiger partial charge < -0.3 is 5.32 Å². The molecule has 1 aromatic rings. The van der Waals surface area contributed by atoms with Crippen molar-refractivity contribution in [2.45, 2.75) is 59.5 Å². The maximum absolute atomic E-state index is 11.9. The smallest absolute Gasteiger partial charge is 0.225 e. The summed E-state index contributed by atoms with van der Waals surface area (Å²) in [6.07, 6.45) is 5.42. The van der Waals surface area contributed by atoms with E-state index in [0.717, 1.165) is 12.1 Å². The highest BCUT2D eigenvalue weighted by Gasteiger charge is 2.20. The number of carbonyl (C=O) groups excluding carboxylic acids is 1. The van der Waals surface area contributed by atoms with Gasteiger partial charge in [-0.25, -0.2) is 0 Å². The summed E-state index contributed by atoms with van der Waals surface area (Å²) < 4.78 is 0. The average Bonchev–Trinajstić information content (AvgIpc) is 2.74. The van der Waals surface area contributed by atoms with Gasteiger partial charge in [0.25, 0.3) is 0 Å². The molecule has 0 aliphatic carbocycles. The van der Waals surface area contributed by atoms with E-state index in [2.05, 4.69) is 34.5 Å². The van der Waals surface area contributed by atoms with Gasteiger partial charge in [-0.05, 0) is 37.1 Å². The Balaban J connectivity index is 1.83. The van der Waals surface area contributed by atoms with Crippen LogP contribution in [0, 0.1) is 5.41 Å². The number of amides is 1. The lowest BCUT2D eigenvalue weighted by Crippen LogP contribution is -2.34. The molecule has 0 aromatic heterocycles. The normalized spacial score (nSPS) is 17.0. The van der Waals surface area contributed by atoms with Gasteiger partial charge in [-0.2, -0.15) is 0 Å². The number of hydrogen-bond acceptors (Lipinski definition) is 2. The van der Waals surface area contributed by atoms with Crippen LogP contribution >= 0.6 is 0 Å². The fraction of sp³-hybridized carbons (Fsp3) is 0.632. The number of likely N-dealkylation sites (tertiary alicyclic amines) is 1. The lowest BCUT2D eigenvalue weighted by Gasteiger charge is -2.20. The molecule has 0 bridgehead atoms. The van der Waals surface area contributed by atoms with Crippen LogP contribution in [0.25, 0.3) is 0 Å². The summed E-state index contributed by atoms with van der Waals surface area (Å²) in [5.74, 6) is 0.0983. The van der Waals surface area contributed by atoms with Crippen LogP contribution < -0.4 is 5.32 Å². The standard InChI is InChI=1S/C19H30N2O/c1-19(2,3)18(22)20-14-16-8-10-17(11-9-16)15-21-12-6-4-5-7-13-21/h8-11H,4-7,12-15H2,1-3H3,(H,20,22). The van der Waals surface area contributed by atoms with Gasteiger partial charge in [0.15, 0.2) is 0 Å². The van der Waals surface area contributed by atoms with Crippen molar-refractivity contribution in [3.63, 3.8) is 0 Å². The average molecular weight is 302 g/mol. The number of nitrogens with one attached hydrogen (secondary N) is 1. The molecular formula is C19H30N2O. The maximum Gasteiger partial charge on any atom is 0.225 e. The van der Waals surface area contributed by atoms with Crippen molar-refractivity contribution in [3.05, 3.63) is 35.4 Å². The minimum Gasteiger partial charge on any atom is -0.352 e. The molecule has 1 aliphatic heterocycles. The van der Waals surface area contributed by atoms with Gasteiger partial charge in [0.05, 0.1) is 0 Å². The molecule has 0 atom stereocenters. The van der Waals surface area contributed by atoms with Crippen LogP contribution in [0.4, 0.5) is 0 Å². The molecule has 1 N–H and O–H groups in total. The van der Waals surface area contributed by atoms with Crippen LogP contribution in [0.1, 0.15) is 57.6 Å². The van der Waals surface area contributed by atoms with E-state index in [9.17, 15) is 4.79 Å². The Hall–Kier alpha value is -1.35. The molecule has 1 amide bonds. The van der Waals surface area contributed by atoms with Gasteiger partial charge in [-0.3, -0.25) is 9.69 Å². The second-order valence-electron chi connectivity index (χ2n) is 7.44. The van der Waals surface area contributed by atoms with Crippen LogP contribution in [0.15, 0.2) is 24.3 Å². The minimum absolute atomic E-state index is 0.0983. The van der Waals surface area contributed by atoms with Gasteiger partial charge in [-0.1, -0.05) is 57.9 Å². The lowest BCUT2D eigenvalue weighted by atomic mass is 9.95. The number of carbonyl (C=O) groups is 1. The Labute approximate surface area is 135 Å². The van der Waals surface area contributed by atoms with Gasteiger partial charge in [0.2, 0.25) is 5.91 Å². The highest BCUT2D eigenvalue weighted by atomic mass is 16.2. The Morgan fingerprint density at radius 3 is 2.09 bits per heavy atom. The largest absolute Gasteiger partial charge is 0.352 e. The van der Waals surface area contributed by atoms with Crippen molar-refractivity contribution in [2.24, 2.45) is 5.41 Å². The molecule has 122 valence electrons. The van der Waals surface area contributed by atoms with Crippen molar-refractivity contribution < 1.29 is 4.79 Å².